The number of nitrogens with one attached hydrogen (secondary N) is 3. The summed E-state index contributed by atoms with van der Waals surface area (Å²) in [6, 6.07) is 14.1. The van der Waals surface area contributed by atoms with Gasteiger partial charge >= 0.3 is 6.09 Å². The maximum Gasteiger partial charge on any atom is 0.410 e. The van der Waals surface area contributed by atoms with Gasteiger partial charge in [0.15, 0.2) is 11.6 Å². The van der Waals surface area contributed by atoms with E-state index >= 15 is 4.39 Å². The van der Waals surface area contributed by atoms with Crippen molar-refractivity contribution >= 4 is 52.6 Å². The topological polar surface area (TPSA) is 138 Å². The minimum absolute atomic E-state index is 0.0395. The van der Waals surface area contributed by atoms with Crippen molar-refractivity contribution < 1.29 is 28.2 Å². The van der Waals surface area contributed by atoms with E-state index in [9.17, 15) is 14.4 Å². The first-order valence-corrected chi connectivity index (χ1v) is 19.3. The largest absolute Gasteiger partial charge is 0.496 e. The first-order valence-electron chi connectivity index (χ1n) is 18.5. The van der Waals surface area contributed by atoms with Gasteiger partial charge < -0.3 is 30.3 Å². The Morgan fingerprint density at radius 2 is 1.79 bits per heavy atom. The molecule has 0 aliphatic carbocycles. The molecule has 3 N–H and O–H groups in total. The fraction of sp³-hybridized carbons (Fsp3) is 0.390. The highest BCUT2D eigenvalue weighted by atomic mass is 35.5. The van der Waals surface area contributed by atoms with Gasteiger partial charge in [-0.15, -0.1) is 0 Å². The van der Waals surface area contributed by atoms with Crippen LogP contribution < -0.4 is 20.7 Å². The first-order chi connectivity index (χ1) is 26.7. The fourth-order valence-corrected chi connectivity index (χ4v) is 8.12. The van der Waals surface area contributed by atoms with Crippen molar-refractivity contribution in [1.82, 2.24) is 30.4 Å². The number of rotatable bonds is 11. The van der Waals surface area contributed by atoms with Gasteiger partial charge in [0.1, 0.15) is 11.4 Å². The van der Waals surface area contributed by atoms with Crippen LogP contribution in [0, 0.1) is 5.82 Å². The molecule has 3 amide bonds. The van der Waals surface area contributed by atoms with Gasteiger partial charge in [-0.25, -0.2) is 14.2 Å². The highest BCUT2D eigenvalue weighted by molar-refractivity contribution is 6.39. The molecule has 2 aromatic carbocycles. The minimum atomic E-state index is -0.706. The summed E-state index contributed by atoms with van der Waals surface area (Å²) in [5, 5.41) is 9.71. The summed E-state index contributed by atoms with van der Waals surface area (Å²) in [5.74, 6) is 0.0970. The monoisotopic (exact) mass is 803 g/mol. The molecule has 12 nitrogen and oxygen atoms in total. The Bertz CT molecular complexity index is 2170. The molecule has 5 heterocycles. The zero-order valence-corrected chi connectivity index (χ0v) is 33.2. The second-order valence-corrected chi connectivity index (χ2v) is 16.4. The number of anilines is 2. The van der Waals surface area contributed by atoms with E-state index in [-0.39, 0.29) is 42.3 Å². The molecule has 15 heteroatoms. The van der Waals surface area contributed by atoms with Crippen LogP contribution in [0.2, 0.25) is 10.0 Å². The Morgan fingerprint density at radius 1 is 1.02 bits per heavy atom. The number of nitrogens with zero attached hydrogens (tertiary/aromatic N) is 4. The number of amides is 3. The average Bonchev–Trinajstić information content (AvgIpc) is 3.74. The molecule has 0 bridgehead atoms. The fourth-order valence-electron chi connectivity index (χ4n) is 7.52. The summed E-state index contributed by atoms with van der Waals surface area (Å²) in [7, 11) is 1.55. The van der Waals surface area contributed by atoms with Crippen LogP contribution in [0.1, 0.15) is 57.6 Å². The van der Waals surface area contributed by atoms with E-state index in [1.165, 1.54) is 0 Å². The zero-order chi connectivity index (χ0) is 39.8. The molecule has 2 aromatic heterocycles. The highest BCUT2D eigenvalue weighted by Gasteiger charge is 2.47. The number of benzene rings is 2. The Hall–Kier alpha value is -4.98. The van der Waals surface area contributed by atoms with Crippen LogP contribution in [0.4, 0.5) is 20.7 Å². The molecular formula is C41H44Cl2FN7O5. The Labute approximate surface area is 335 Å². The van der Waals surface area contributed by atoms with E-state index in [1.807, 2.05) is 24.3 Å². The number of likely N-dealkylation sites (tertiary alicyclic amines) is 1. The Morgan fingerprint density at radius 3 is 2.48 bits per heavy atom. The lowest BCUT2D eigenvalue weighted by molar-refractivity contribution is -0.121. The second-order valence-electron chi connectivity index (χ2n) is 15.6. The number of carbonyl (C=O) groups is 3. The van der Waals surface area contributed by atoms with Gasteiger partial charge in [0, 0.05) is 85.3 Å². The molecule has 294 valence electrons. The number of aromatic nitrogens is 2. The highest BCUT2D eigenvalue weighted by Crippen LogP contribution is 2.42. The van der Waals surface area contributed by atoms with Crippen molar-refractivity contribution in [2.75, 3.05) is 32.1 Å². The lowest BCUT2D eigenvalue weighted by atomic mass is 9.88. The van der Waals surface area contributed by atoms with E-state index < -0.39 is 17.5 Å². The van der Waals surface area contributed by atoms with Crippen molar-refractivity contribution in [1.29, 1.82) is 0 Å². The predicted octanol–water partition coefficient (Wildman–Crippen LogP) is 7.49. The summed E-state index contributed by atoms with van der Waals surface area (Å²) in [5.41, 5.74) is 3.10. The summed E-state index contributed by atoms with van der Waals surface area (Å²) < 4.78 is 27.3. The summed E-state index contributed by atoms with van der Waals surface area (Å²) in [4.78, 5) is 49.5. The number of hydrogen-bond acceptors (Lipinski definition) is 9. The van der Waals surface area contributed by atoms with E-state index in [4.69, 9.17) is 32.7 Å². The van der Waals surface area contributed by atoms with Crippen LogP contribution in [-0.4, -0.2) is 81.6 Å². The van der Waals surface area contributed by atoms with Gasteiger partial charge in [-0.1, -0.05) is 47.5 Å². The van der Waals surface area contributed by atoms with Crippen LogP contribution >= 0.6 is 23.2 Å². The number of ether oxygens (including phenoxy) is 2. The van der Waals surface area contributed by atoms with E-state index in [0.717, 1.165) is 12.0 Å². The number of hydrogen-bond donors (Lipinski definition) is 3. The van der Waals surface area contributed by atoms with Gasteiger partial charge in [0.2, 0.25) is 11.8 Å². The Balaban J connectivity index is 1.10. The van der Waals surface area contributed by atoms with Crippen molar-refractivity contribution in [3.8, 4) is 28.1 Å². The van der Waals surface area contributed by atoms with E-state index in [0.29, 0.717) is 88.3 Å². The standard InChI is InChI=1S/C41H44Cl2FN7O5/c1-40(2,3)56-39(54)51(21-27-10-11-32(52)47-27)20-25-9-8-24(18-31(25)55-4)37-35(43)29(14-17-45-37)28-6-5-7-30(34(28)42)48-38-36(44)26(13-16-46-38)19-50-22-41(23-50)15-12-33(53)49-41/h5-9,13-14,16-18,27H,10-12,15,19-23H2,1-4H3,(H,46,48)(H,47,52)(H,49,53)/t27-/m0/s1. The van der Waals surface area contributed by atoms with Crippen LogP contribution in [0.25, 0.3) is 22.4 Å². The van der Waals surface area contributed by atoms with E-state index in [2.05, 4.69) is 30.8 Å². The van der Waals surface area contributed by atoms with Gasteiger partial charge in [-0.2, -0.15) is 0 Å². The Kier molecular flexibility index (Phi) is 11.1. The smallest absolute Gasteiger partial charge is 0.410 e. The van der Waals surface area contributed by atoms with E-state index in [1.54, 1.807) is 69.4 Å². The third-order valence-electron chi connectivity index (χ3n) is 10.2. The normalized spacial score (nSPS) is 17.7. The van der Waals surface area contributed by atoms with Crippen LogP contribution in [0.15, 0.2) is 60.9 Å². The molecule has 3 aliphatic heterocycles. The molecule has 3 fully saturated rings. The van der Waals surface area contributed by atoms with Crippen molar-refractivity contribution in [3.63, 3.8) is 0 Å². The number of pyridine rings is 2. The third-order valence-corrected chi connectivity index (χ3v) is 11.0. The SMILES string of the molecule is COc1cc(-c2nccc(-c3cccc(Nc4nccc(CN5CC6(CCC(=O)N6)C5)c4F)c3Cl)c2Cl)ccc1CN(C[C@@H]1CCC(=O)N1)C(=O)OC(C)(C)C. The molecule has 4 aromatic rings. The maximum absolute atomic E-state index is 15.8. The number of carbonyl (C=O) groups excluding carboxylic acids is 3. The molecule has 1 spiro atoms. The molecule has 3 saturated heterocycles. The quantitative estimate of drug-likeness (QED) is 0.141. The summed E-state index contributed by atoms with van der Waals surface area (Å²) >= 11 is 14.1. The minimum Gasteiger partial charge on any atom is -0.496 e. The van der Waals surface area contributed by atoms with Crippen LogP contribution in [0.3, 0.4) is 0 Å². The van der Waals surface area contributed by atoms with Crippen LogP contribution in [0.5, 0.6) is 5.75 Å². The molecule has 0 unspecified atom stereocenters. The van der Waals surface area contributed by atoms with Gasteiger partial charge in [0.25, 0.3) is 0 Å². The second kappa shape index (κ2) is 15.9. The van der Waals surface area contributed by atoms with Gasteiger partial charge in [-0.3, -0.25) is 19.5 Å². The molecule has 0 radical (unpaired) electrons. The average molecular weight is 805 g/mol. The molecule has 7 rings (SSSR count). The lowest BCUT2D eigenvalue weighted by Gasteiger charge is -2.48. The summed E-state index contributed by atoms with van der Waals surface area (Å²) in [6.07, 6.45) is 5.06. The molecular weight excluding hydrogens is 760 g/mol. The maximum atomic E-state index is 15.8. The van der Waals surface area contributed by atoms with Crippen molar-refractivity contribution in [2.24, 2.45) is 0 Å². The van der Waals surface area contributed by atoms with Crippen molar-refractivity contribution in [2.45, 2.75) is 76.7 Å². The zero-order valence-electron chi connectivity index (χ0n) is 31.7. The molecule has 1 atom stereocenters. The lowest BCUT2D eigenvalue weighted by Crippen LogP contribution is -2.66. The van der Waals surface area contributed by atoms with Crippen molar-refractivity contribution in [3.05, 3.63) is 87.9 Å². The van der Waals surface area contributed by atoms with Crippen LogP contribution in [-0.2, 0) is 27.4 Å². The first kappa shape index (κ1) is 39.3. The van der Waals surface area contributed by atoms with Gasteiger partial charge in [0.05, 0.1) is 40.6 Å². The molecule has 3 aliphatic rings. The third kappa shape index (κ3) is 8.54. The predicted molar refractivity (Wildman–Crippen MR) is 212 cm³/mol. The summed E-state index contributed by atoms with van der Waals surface area (Å²) in [6.45, 7) is 7.62. The van der Waals surface area contributed by atoms with Gasteiger partial charge in [-0.05, 0) is 57.9 Å². The number of methoxy groups -OCH3 is 1. The molecule has 56 heavy (non-hydrogen) atoms. The number of halogens is 3. The molecule has 0 saturated carbocycles.